The number of hydrogen-bond donors (Lipinski definition) is 1. The summed E-state index contributed by atoms with van der Waals surface area (Å²) in [5.74, 6) is -0.171. The summed E-state index contributed by atoms with van der Waals surface area (Å²) in [7, 11) is 0. The number of carbonyl (C=O) groups is 1. The average Bonchev–Trinajstić information content (AvgIpc) is 3.41. The van der Waals surface area contributed by atoms with Crippen molar-refractivity contribution in [1.29, 1.82) is 0 Å². The van der Waals surface area contributed by atoms with E-state index in [-0.39, 0.29) is 41.8 Å². The Balaban J connectivity index is 1.10. The highest BCUT2D eigenvalue weighted by Gasteiger charge is 2.35. The molecule has 2 fully saturated rings. The topological polar surface area (TPSA) is 128 Å². The third-order valence-electron chi connectivity index (χ3n) is 7.91. The molecule has 2 unspecified atom stereocenters. The van der Waals surface area contributed by atoms with Crippen LogP contribution in [0.15, 0.2) is 60.2 Å². The van der Waals surface area contributed by atoms with Crippen molar-refractivity contribution in [3.05, 3.63) is 71.6 Å². The first-order chi connectivity index (χ1) is 19.5. The molecule has 1 aromatic carbocycles. The number of rotatable bonds is 6. The summed E-state index contributed by atoms with van der Waals surface area (Å²) in [6.45, 7) is 1.09. The highest BCUT2D eigenvalue weighted by Crippen LogP contribution is 2.30. The first-order valence-corrected chi connectivity index (χ1v) is 13.5. The lowest BCUT2D eigenvalue weighted by atomic mass is 9.85. The molecule has 0 radical (unpaired) electrons. The lowest BCUT2D eigenvalue weighted by molar-refractivity contribution is -0.141. The number of nitrogens with zero attached hydrogens (tertiary/aromatic N) is 7. The molecule has 1 aliphatic carbocycles. The van der Waals surface area contributed by atoms with E-state index in [4.69, 9.17) is 4.74 Å². The molecule has 4 aromatic rings. The zero-order valence-electron chi connectivity index (χ0n) is 21.8. The van der Waals surface area contributed by atoms with Crippen molar-refractivity contribution in [2.75, 3.05) is 13.1 Å². The number of halogens is 1. The lowest BCUT2D eigenvalue weighted by Gasteiger charge is -2.39. The molecule has 0 spiro atoms. The summed E-state index contributed by atoms with van der Waals surface area (Å²) >= 11 is 0. The van der Waals surface area contributed by atoms with Gasteiger partial charge in [0.05, 0.1) is 30.5 Å². The number of fused-ring (bicyclic) bond motifs is 1. The molecule has 40 heavy (non-hydrogen) atoms. The highest BCUT2D eigenvalue weighted by molar-refractivity contribution is 5.79. The summed E-state index contributed by atoms with van der Waals surface area (Å²) in [4.78, 5) is 41.1. The Morgan fingerprint density at radius 3 is 2.60 bits per heavy atom. The van der Waals surface area contributed by atoms with Gasteiger partial charge in [0.1, 0.15) is 17.3 Å². The van der Waals surface area contributed by atoms with Crippen LogP contribution in [0.4, 0.5) is 4.39 Å². The van der Waals surface area contributed by atoms with Crippen LogP contribution in [0, 0.1) is 17.7 Å². The zero-order chi connectivity index (χ0) is 27.6. The smallest absolute Gasteiger partial charge is 0.264 e. The fourth-order valence-electron chi connectivity index (χ4n) is 5.70. The molecule has 2 aliphatic rings. The molecule has 12 heteroatoms. The maximum Gasteiger partial charge on any atom is 0.264 e. The summed E-state index contributed by atoms with van der Waals surface area (Å²) in [6.07, 6.45) is 10.5. The first kappa shape index (κ1) is 26.1. The molecule has 6 rings (SSSR count). The molecule has 4 heterocycles. The van der Waals surface area contributed by atoms with Gasteiger partial charge in [-0.1, -0.05) is 0 Å². The van der Waals surface area contributed by atoms with Gasteiger partial charge in [0.25, 0.3) is 5.56 Å². The maximum absolute atomic E-state index is 13.4. The normalized spacial score (nSPS) is 23.3. The lowest BCUT2D eigenvalue weighted by Crippen LogP contribution is -2.50. The van der Waals surface area contributed by atoms with Gasteiger partial charge >= 0.3 is 0 Å². The number of aliphatic hydroxyl groups is 1. The van der Waals surface area contributed by atoms with E-state index >= 15 is 0 Å². The minimum absolute atomic E-state index is 0.0124. The minimum atomic E-state index is -0.635. The van der Waals surface area contributed by atoms with Gasteiger partial charge in [-0.3, -0.25) is 19.1 Å². The van der Waals surface area contributed by atoms with Crippen molar-refractivity contribution >= 4 is 16.9 Å². The van der Waals surface area contributed by atoms with Crippen LogP contribution in [-0.4, -0.2) is 70.5 Å². The van der Waals surface area contributed by atoms with E-state index in [2.05, 4.69) is 20.1 Å². The van der Waals surface area contributed by atoms with Crippen LogP contribution in [-0.2, 0) is 11.3 Å². The van der Waals surface area contributed by atoms with E-state index in [0.717, 1.165) is 25.7 Å². The van der Waals surface area contributed by atoms with Crippen LogP contribution < -0.4 is 10.3 Å². The van der Waals surface area contributed by atoms with E-state index in [9.17, 15) is 19.1 Å². The predicted molar refractivity (Wildman–Crippen MR) is 142 cm³/mol. The number of aliphatic hydroxyl groups excluding tert-OH is 1. The number of hydrogen-bond acceptors (Lipinski definition) is 8. The van der Waals surface area contributed by atoms with Crippen LogP contribution in [0.5, 0.6) is 5.88 Å². The molecule has 1 aliphatic heterocycles. The molecule has 11 nitrogen and oxygen atoms in total. The molecular weight excluding hydrogens is 517 g/mol. The Bertz CT molecular complexity index is 1530. The quantitative estimate of drug-likeness (QED) is 0.390. The molecule has 1 amide bonds. The third kappa shape index (κ3) is 5.31. The average molecular weight is 548 g/mol. The van der Waals surface area contributed by atoms with E-state index in [1.165, 1.54) is 33.9 Å². The van der Waals surface area contributed by atoms with Crippen LogP contribution >= 0.6 is 0 Å². The molecule has 3 aromatic heterocycles. The van der Waals surface area contributed by atoms with Crippen LogP contribution in [0.25, 0.3) is 16.7 Å². The van der Waals surface area contributed by atoms with Gasteiger partial charge in [-0.25, -0.2) is 19.0 Å². The van der Waals surface area contributed by atoms with Gasteiger partial charge in [0, 0.05) is 43.9 Å². The number of likely N-dealkylation sites (tertiary alicyclic amines) is 1. The zero-order valence-corrected chi connectivity index (χ0v) is 21.8. The van der Waals surface area contributed by atoms with Crippen molar-refractivity contribution in [3.8, 4) is 11.6 Å². The van der Waals surface area contributed by atoms with Crippen molar-refractivity contribution in [2.45, 2.75) is 50.9 Å². The monoisotopic (exact) mass is 547 g/mol. The number of amides is 1. The molecular formula is C28H30FN7O4. The molecule has 2 atom stereocenters. The largest absolute Gasteiger partial charge is 0.473 e. The number of aromatic nitrogens is 6. The van der Waals surface area contributed by atoms with E-state index in [1.807, 2.05) is 4.90 Å². The third-order valence-corrected chi connectivity index (χ3v) is 7.91. The van der Waals surface area contributed by atoms with Gasteiger partial charge in [-0.05, 0) is 56.4 Å². The van der Waals surface area contributed by atoms with Gasteiger partial charge in [-0.2, -0.15) is 5.10 Å². The van der Waals surface area contributed by atoms with Crippen molar-refractivity contribution in [1.82, 2.24) is 34.2 Å². The summed E-state index contributed by atoms with van der Waals surface area (Å²) in [5, 5.41) is 15.3. The SMILES string of the molecule is O=C(C1CCC(Oc2cnccn2)CC1)N1CCC(O)C(Cn2cnc3c(cnn3-c3ccc(F)cc3)c2=O)C1. The van der Waals surface area contributed by atoms with Crippen molar-refractivity contribution < 1.29 is 19.0 Å². The molecule has 1 saturated carbocycles. The Morgan fingerprint density at radius 2 is 1.85 bits per heavy atom. The van der Waals surface area contributed by atoms with Gasteiger partial charge in [-0.15, -0.1) is 0 Å². The van der Waals surface area contributed by atoms with E-state index in [1.54, 1.807) is 30.7 Å². The minimum Gasteiger partial charge on any atom is -0.473 e. The Hall–Kier alpha value is -4.19. The second kappa shape index (κ2) is 11.1. The summed E-state index contributed by atoms with van der Waals surface area (Å²) in [6, 6.07) is 5.77. The second-order valence-electron chi connectivity index (χ2n) is 10.5. The number of benzene rings is 1. The van der Waals surface area contributed by atoms with Crippen LogP contribution in [0.2, 0.25) is 0 Å². The van der Waals surface area contributed by atoms with Crippen molar-refractivity contribution in [3.63, 3.8) is 0 Å². The van der Waals surface area contributed by atoms with E-state index in [0.29, 0.717) is 42.1 Å². The van der Waals surface area contributed by atoms with Crippen molar-refractivity contribution in [2.24, 2.45) is 11.8 Å². The predicted octanol–water partition coefficient (Wildman–Crippen LogP) is 2.36. The molecule has 0 bridgehead atoms. The highest BCUT2D eigenvalue weighted by atomic mass is 19.1. The Kier molecular flexibility index (Phi) is 7.25. The van der Waals surface area contributed by atoms with Crippen LogP contribution in [0.3, 0.4) is 0 Å². The maximum atomic E-state index is 13.4. The fraction of sp³-hybridized carbons (Fsp3) is 0.429. The summed E-state index contributed by atoms with van der Waals surface area (Å²) in [5.41, 5.74) is 0.676. The van der Waals surface area contributed by atoms with Gasteiger partial charge in [0.15, 0.2) is 5.65 Å². The number of piperidine rings is 1. The molecule has 1 N–H and O–H groups in total. The summed E-state index contributed by atoms with van der Waals surface area (Å²) < 4.78 is 22.2. The second-order valence-corrected chi connectivity index (χ2v) is 10.5. The molecule has 1 saturated heterocycles. The Labute approximate surface area is 229 Å². The van der Waals surface area contributed by atoms with Gasteiger partial charge in [0.2, 0.25) is 11.8 Å². The van der Waals surface area contributed by atoms with Crippen LogP contribution in [0.1, 0.15) is 32.1 Å². The standard InChI is InChI=1S/C28H30FN7O4/c29-20-3-5-21(6-4-20)36-26-23(13-33-36)28(39)35(17-32-26)16-19-15-34(12-9-24(19)37)27(38)18-1-7-22(8-2-18)40-25-14-30-10-11-31-25/h3-6,10-11,13-14,17-19,22,24,37H,1-2,7-9,12,15-16H2. The Morgan fingerprint density at radius 1 is 1.05 bits per heavy atom. The first-order valence-electron chi connectivity index (χ1n) is 13.5. The number of carbonyl (C=O) groups excluding carboxylic acids is 1. The van der Waals surface area contributed by atoms with Gasteiger partial charge < -0.3 is 14.7 Å². The molecule has 208 valence electrons. The van der Waals surface area contributed by atoms with E-state index < -0.39 is 6.10 Å². The fourth-order valence-corrected chi connectivity index (χ4v) is 5.70. The number of ether oxygens (including phenoxy) is 1.